The molecule has 1 aliphatic rings. The summed E-state index contributed by atoms with van der Waals surface area (Å²) < 4.78 is 15.1. The second kappa shape index (κ2) is 9.01. The van der Waals surface area contributed by atoms with Gasteiger partial charge in [0.2, 0.25) is 5.91 Å². The summed E-state index contributed by atoms with van der Waals surface area (Å²) in [7, 11) is 0. The minimum atomic E-state index is -0.295. The molecule has 0 bridgehead atoms. The minimum absolute atomic E-state index is 0.0217. The number of hydrogen-bond donors (Lipinski definition) is 2. The van der Waals surface area contributed by atoms with Gasteiger partial charge in [-0.2, -0.15) is 5.10 Å². The van der Waals surface area contributed by atoms with Gasteiger partial charge < -0.3 is 10.6 Å². The molecule has 0 aliphatic carbocycles. The number of nitrogens with one attached hydrogen (secondary N) is 2. The third-order valence-electron chi connectivity index (χ3n) is 5.27. The molecule has 3 aromatic rings. The first kappa shape index (κ1) is 19.3. The van der Waals surface area contributed by atoms with Crippen molar-refractivity contribution < 1.29 is 9.18 Å². The van der Waals surface area contributed by atoms with E-state index < -0.39 is 0 Å². The Morgan fingerprint density at radius 1 is 1.17 bits per heavy atom. The number of rotatable bonds is 6. The van der Waals surface area contributed by atoms with Gasteiger partial charge in [0.1, 0.15) is 5.82 Å². The van der Waals surface area contributed by atoms with Crippen molar-refractivity contribution in [3.05, 3.63) is 72.2 Å². The number of hydrogen-bond acceptors (Lipinski definition) is 3. The molecule has 0 saturated carbocycles. The molecular formula is C23H25FN4O. The van der Waals surface area contributed by atoms with Crippen molar-refractivity contribution >= 4 is 5.91 Å². The van der Waals surface area contributed by atoms with Crippen LogP contribution in [0.25, 0.3) is 16.9 Å². The van der Waals surface area contributed by atoms with Crippen LogP contribution in [0.5, 0.6) is 0 Å². The predicted octanol–water partition coefficient (Wildman–Crippen LogP) is 3.34. The monoisotopic (exact) mass is 392 g/mol. The molecule has 0 spiro atoms. The molecular weight excluding hydrogens is 367 g/mol. The average molecular weight is 392 g/mol. The van der Waals surface area contributed by atoms with E-state index in [1.54, 1.807) is 16.8 Å². The molecule has 1 unspecified atom stereocenters. The van der Waals surface area contributed by atoms with Crippen LogP contribution in [0, 0.1) is 11.7 Å². The van der Waals surface area contributed by atoms with Gasteiger partial charge >= 0.3 is 0 Å². The van der Waals surface area contributed by atoms with Gasteiger partial charge in [0, 0.05) is 23.9 Å². The van der Waals surface area contributed by atoms with Crippen LogP contribution in [0.4, 0.5) is 4.39 Å². The van der Waals surface area contributed by atoms with Gasteiger partial charge in [-0.25, -0.2) is 9.07 Å². The number of nitrogens with zero attached hydrogens (tertiary/aromatic N) is 2. The molecule has 1 amide bonds. The summed E-state index contributed by atoms with van der Waals surface area (Å²) in [4.78, 5) is 12.6. The standard InChI is InChI=1S/C23H25FN4O/c24-20-10-8-18(9-11-20)23-19(16-28(27-23)21-6-2-1-3-7-21)13-22(29)26-15-17-5-4-12-25-14-17/h1-3,6-11,16-17,25H,4-5,12-15H2,(H,26,29). The summed E-state index contributed by atoms with van der Waals surface area (Å²) in [5, 5.41) is 11.1. The number of carbonyl (C=O) groups is 1. The molecule has 0 radical (unpaired) electrons. The van der Waals surface area contributed by atoms with Crippen LogP contribution in [0.1, 0.15) is 18.4 Å². The van der Waals surface area contributed by atoms with Crippen LogP contribution in [0.2, 0.25) is 0 Å². The van der Waals surface area contributed by atoms with Gasteiger partial charge in [-0.3, -0.25) is 4.79 Å². The second-order valence-corrected chi connectivity index (χ2v) is 7.48. The van der Waals surface area contributed by atoms with Gasteiger partial charge in [0.25, 0.3) is 0 Å². The van der Waals surface area contributed by atoms with E-state index >= 15 is 0 Å². The van der Waals surface area contributed by atoms with Crippen molar-refractivity contribution in [2.45, 2.75) is 19.3 Å². The third kappa shape index (κ3) is 4.90. The van der Waals surface area contributed by atoms with E-state index in [0.717, 1.165) is 42.7 Å². The molecule has 2 aromatic carbocycles. The van der Waals surface area contributed by atoms with Crippen molar-refractivity contribution in [1.82, 2.24) is 20.4 Å². The zero-order chi connectivity index (χ0) is 20.1. The number of carbonyl (C=O) groups excluding carboxylic acids is 1. The SMILES string of the molecule is O=C(Cc1cn(-c2ccccc2)nc1-c1ccc(F)cc1)NCC1CCCNC1. The van der Waals surface area contributed by atoms with Crippen molar-refractivity contribution in [2.24, 2.45) is 5.92 Å². The summed E-state index contributed by atoms with van der Waals surface area (Å²) in [5.41, 5.74) is 3.22. The van der Waals surface area contributed by atoms with Gasteiger partial charge in [0.15, 0.2) is 0 Å². The Kier molecular flexibility index (Phi) is 6.00. The van der Waals surface area contributed by atoms with Crippen LogP contribution in [-0.4, -0.2) is 35.3 Å². The molecule has 2 heterocycles. The van der Waals surface area contributed by atoms with E-state index in [1.807, 2.05) is 36.5 Å². The Morgan fingerprint density at radius 3 is 2.69 bits per heavy atom. The van der Waals surface area contributed by atoms with Gasteiger partial charge in [-0.15, -0.1) is 0 Å². The highest BCUT2D eigenvalue weighted by atomic mass is 19.1. The van der Waals surface area contributed by atoms with Crippen molar-refractivity contribution in [3.8, 4) is 16.9 Å². The Morgan fingerprint density at radius 2 is 1.97 bits per heavy atom. The molecule has 1 saturated heterocycles. The quantitative estimate of drug-likeness (QED) is 0.677. The van der Waals surface area contributed by atoms with Crippen LogP contribution in [-0.2, 0) is 11.2 Å². The maximum Gasteiger partial charge on any atom is 0.224 e. The molecule has 6 heteroatoms. The van der Waals surface area contributed by atoms with E-state index in [-0.39, 0.29) is 18.1 Å². The molecule has 1 fully saturated rings. The summed E-state index contributed by atoms with van der Waals surface area (Å²) >= 11 is 0. The normalized spacial score (nSPS) is 16.5. The van der Waals surface area contributed by atoms with E-state index in [0.29, 0.717) is 18.2 Å². The van der Waals surface area contributed by atoms with Crippen LogP contribution >= 0.6 is 0 Å². The Bertz CT molecular complexity index is 947. The predicted molar refractivity (Wildman–Crippen MR) is 111 cm³/mol. The van der Waals surface area contributed by atoms with E-state index in [9.17, 15) is 9.18 Å². The molecule has 2 N–H and O–H groups in total. The highest BCUT2D eigenvalue weighted by Gasteiger charge is 2.17. The fourth-order valence-electron chi connectivity index (χ4n) is 3.69. The lowest BCUT2D eigenvalue weighted by atomic mass is 9.99. The average Bonchev–Trinajstić information content (AvgIpc) is 3.18. The maximum atomic E-state index is 13.4. The van der Waals surface area contributed by atoms with Gasteiger partial charge in [-0.1, -0.05) is 18.2 Å². The maximum absolute atomic E-state index is 13.4. The minimum Gasteiger partial charge on any atom is -0.355 e. The number of piperidine rings is 1. The number of aromatic nitrogens is 2. The van der Waals surface area contributed by atoms with E-state index in [2.05, 4.69) is 15.7 Å². The van der Waals surface area contributed by atoms with Crippen molar-refractivity contribution in [3.63, 3.8) is 0 Å². The highest BCUT2D eigenvalue weighted by Crippen LogP contribution is 2.24. The number of para-hydroxylation sites is 1. The fourth-order valence-corrected chi connectivity index (χ4v) is 3.69. The largest absolute Gasteiger partial charge is 0.355 e. The zero-order valence-corrected chi connectivity index (χ0v) is 16.3. The molecule has 1 atom stereocenters. The van der Waals surface area contributed by atoms with Gasteiger partial charge in [-0.05, 0) is 68.2 Å². The topological polar surface area (TPSA) is 59.0 Å². The molecule has 1 aromatic heterocycles. The lowest BCUT2D eigenvalue weighted by Gasteiger charge is -2.22. The summed E-state index contributed by atoms with van der Waals surface area (Å²) in [6, 6.07) is 16.0. The lowest BCUT2D eigenvalue weighted by molar-refractivity contribution is -0.120. The van der Waals surface area contributed by atoms with Crippen LogP contribution in [0.15, 0.2) is 60.8 Å². The first-order chi connectivity index (χ1) is 14.2. The Labute approximate surface area is 169 Å². The number of halogens is 1. The summed E-state index contributed by atoms with van der Waals surface area (Å²) in [6.07, 6.45) is 4.41. The molecule has 29 heavy (non-hydrogen) atoms. The molecule has 4 rings (SSSR count). The molecule has 1 aliphatic heterocycles. The first-order valence-electron chi connectivity index (χ1n) is 10.1. The molecule has 150 valence electrons. The third-order valence-corrected chi connectivity index (χ3v) is 5.27. The van der Waals surface area contributed by atoms with Crippen molar-refractivity contribution in [1.29, 1.82) is 0 Å². The van der Waals surface area contributed by atoms with Gasteiger partial charge in [0.05, 0.1) is 17.8 Å². The summed E-state index contributed by atoms with van der Waals surface area (Å²) in [5.74, 6) is 0.166. The Balaban J connectivity index is 1.54. The number of benzene rings is 2. The smallest absolute Gasteiger partial charge is 0.224 e. The number of amides is 1. The zero-order valence-electron chi connectivity index (χ0n) is 16.3. The van der Waals surface area contributed by atoms with E-state index in [1.165, 1.54) is 12.1 Å². The van der Waals surface area contributed by atoms with Crippen LogP contribution < -0.4 is 10.6 Å². The van der Waals surface area contributed by atoms with E-state index in [4.69, 9.17) is 0 Å². The molecule has 5 nitrogen and oxygen atoms in total. The first-order valence-corrected chi connectivity index (χ1v) is 10.1. The van der Waals surface area contributed by atoms with Crippen LogP contribution in [0.3, 0.4) is 0 Å². The second-order valence-electron chi connectivity index (χ2n) is 7.48. The highest BCUT2D eigenvalue weighted by molar-refractivity contribution is 5.81. The lowest BCUT2D eigenvalue weighted by Crippen LogP contribution is -2.38. The van der Waals surface area contributed by atoms with Crippen molar-refractivity contribution in [2.75, 3.05) is 19.6 Å². The fraction of sp³-hybridized carbons (Fsp3) is 0.304. The summed E-state index contributed by atoms with van der Waals surface area (Å²) in [6.45, 7) is 2.70. The Hall–Kier alpha value is -2.99.